The molecule has 1 N–H and O–H groups in total. The van der Waals surface area contributed by atoms with Gasteiger partial charge in [-0.15, -0.1) is 0 Å². The van der Waals surface area contributed by atoms with Gasteiger partial charge < -0.3 is 5.32 Å². The number of hydrogen-bond donors (Lipinski definition) is 1. The summed E-state index contributed by atoms with van der Waals surface area (Å²) in [5.74, 6) is -0.217. The van der Waals surface area contributed by atoms with Gasteiger partial charge in [-0.1, -0.05) is 57.9 Å². The highest BCUT2D eigenvalue weighted by atomic mass is 79.9. The molecule has 0 amide bonds. The van der Waals surface area contributed by atoms with Crippen molar-refractivity contribution in [3.63, 3.8) is 0 Å². The minimum absolute atomic E-state index is 0.0778. The zero-order valence-corrected chi connectivity index (χ0v) is 18.4. The van der Waals surface area contributed by atoms with Crippen molar-refractivity contribution < 1.29 is 13.2 Å². The molecule has 4 rings (SSSR count). The Morgan fingerprint density at radius 3 is 2.17 bits per heavy atom. The van der Waals surface area contributed by atoms with Gasteiger partial charge in [0.15, 0.2) is 0 Å². The van der Waals surface area contributed by atoms with Crippen LogP contribution in [-0.2, 0) is 10.0 Å². The first-order chi connectivity index (χ1) is 14.3. The molecule has 0 radical (unpaired) electrons. The first-order valence-electron chi connectivity index (χ1n) is 9.13. The van der Waals surface area contributed by atoms with Gasteiger partial charge in [0.2, 0.25) is 5.78 Å². The van der Waals surface area contributed by atoms with Gasteiger partial charge in [0.05, 0.1) is 16.3 Å². The maximum atomic E-state index is 13.0. The van der Waals surface area contributed by atoms with Crippen LogP contribution in [0.4, 0.5) is 5.69 Å². The lowest BCUT2D eigenvalue weighted by Gasteiger charge is -2.19. The van der Waals surface area contributed by atoms with Gasteiger partial charge in [0.25, 0.3) is 10.0 Å². The third kappa shape index (κ3) is 4.13. The molecule has 0 heterocycles. The Morgan fingerprint density at radius 1 is 0.867 bits per heavy atom. The minimum Gasteiger partial charge on any atom is -0.352 e. The van der Waals surface area contributed by atoms with Gasteiger partial charge in [-0.2, -0.15) is 12.8 Å². The van der Waals surface area contributed by atoms with Crippen molar-refractivity contribution in [3.8, 4) is 0 Å². The molecule has 0 bridgehead atoms. The first-order valence-corrected chi connectivity index (χ1v) is 11.4. The van der Waals surface area contributed by atoms with Crippen molar-refractivity contribution in [2.45, 2.75) is 11.8 Å². The molecule has 1 aliphatic carbocycles. The predicted octanol–water partition coefficient (Wildman–Crippen LogP) is 5.13. The number of benzene rings is 3. The summed E-state index contributed by atoms with van der Waals surface area (Å²) in [6, 6.07) is 20.7. The van der Waals surface area contributed by atoms with Gasteiger partial charge in [-0.25, -0.2) is 0 Å². The van der Waals surface area contributed by atoms with E-state index in [9.17, 15) is 13.2 Å². The van der Waals surface area contributed by atoms with Crippen LogP contribution >= 0.6 is 15.9 Å². The maximum absolute atomic E-state index is 13.0. The Morgan fingerprint density at radius 2 is 1.50 bits per heavy atom. The summed E-state index contributed by atoms with van der Waals surface area (Å²) >= 11 is 3.30. The average molecular weight is 481 g/mol. The highest BCUT2D eigenvalue weighted by Crippen LogP contribution is 2.25. The zero-order valence-electron chi connectivity index (χ0n) is 16.0. The normalized spacial score (nSPS) is 14.9. The standard InChI is InChI=1S/C23H17BrN2O3S/c1-15-6-10-17(11-7-15)25-22-14-21(19-4-2-3-5-20(19)23(22)27)26-30(28,29)18-12-8-16(24)9-13-18/h2-14,25H,1H3/b26-21-. The largest absolute Gasteiger partial charge is 0.352 e. The summed E-state index contributed by atoms with van der Waals surface area (Å²) in [7, 11) is -3.96. The minimum atomic E-state index is -3.96. The number of hydrogen-bond acceptors (Lipinski definition) is 4. The van der Waals surface area contributed by atoms with E-state index in [1.165, 1.54) is 18.2 Å². The zero-order chi connectivity index (χ0) is 21.3. The van der Waals surface area contributed by atoms with Crippen LogP contribution < -0.4 is 5.32 Å². The second kappa shape index (κ2) is 8.01. The molecule has 1 aliphatic rings. The number of rotatable bonds is 4. The van der Waals surface area contributed by atoms with E-state index in [0.29, 0.717) is 11.1 Å². The van der Waals surface area contributed by atoms with Crippen LogP contribution in [-0.4, -0.2) is 19.9 Å². The molecule has 0 unspecified atom stereocenters. The molecule has 7 heteroatoms. The molecule has 150 valence electrons. The van der Waals surface area contributed by atoms with Crippen LogP contribution in [0.3, 0.4) is 0 Å². The molecular formula is C23H17BrN2O3S. The lowest BCUT2D eigenvalue weighted by atomic mass is 9.92. The smallest absolute Gasteiger partial charge is 0.282 e. The number of Topliss-reactive ketones (excluding diaryl/α,β-unsaturated/α-hetero) is 1. The number of ketones is 1. The molecule has 3 aromatic rings. The molecular weight excluding hydrogens is 464 g/mol. The van der Waals surface area contributed by atoms with Crippen LogP contribution in [0.5, 0.6) is 0 Å². The number of aryl methyl sites for hydroxylation is 1. The Hall–Kier alpha value is -3.03. The van der Waals surface area contributed by atoms with Gasteiger partial charge in [-0.05, 0) is 49.4 Å². The van der Waals surface area contributed by atoms with Crippen molar-refractivity contribution in [1.29, 1.82) is 0 Å². The van der Waals surface area contributed by atoms with E-state index in [4.69, 9.17) is 0 Å². The number of nitrogens with one attached hydrogen (secondary N) is 1. The summed E-state index contributed by atoms with van der Waals surface area (Å²) in [6.07, 6.45) is 1.49. The second-order valence-electron chi connectivity index (χ2n) is 6.83. The van der Waals surface area contributed by atoms with Crippen molar-refractivity contribution in [3.05, 3.63) is 106 Å². The van der Waals surface area contributed by atoms with E-state index < -0.39 is 10.0 Å². The number of carbonyl (C=O) groups is 1. The molecule has 0 atom stereocenters. The summed E-state index contributed by atoms with van der Waals surface area (Å²) < 4.78 is 30.6. The van der Waals surface area contributed by atoms with Crippen molar-refractivity contribution in [2.75, 3.05) is 5.32 Å². The summed E-state index contributed by atoms with van der Waals surface area (Å²) in [4.78, 5) is 13.0. The Bertz CT molecular complexity index is 1290. The Kier molecular flexibility index (Phi) is 5.40. The van der Waals surface area contributed by atoms with Crippen LogP contribution in [0.15, 0.2) is 98.3 Å². The van der Waals surface area contributed by atoms with Gasteiger partial charge in [-0.3, -0.25) is 4.79 Å². The third-order valence-electron chi connectivity index (χ3n) is 4.63. The highest BCUT2D eigenvalue weighted by molar-refractivity contribution is 9.10. The van der Waals surface area contributed by atoms with Crippen LogP contribution in [0.1, 0.15) is 21.5 Å². The molecule has 0 saturated carbocycles. The van der Waals surface area contributed by atoms with Gasteiger partial charge >= 0.3 is 0 Å². The number of anilines is 1. The topological polar surface area (TPSA) is 75.6 Å². The molecule has 3 aromatic carbocycles. The van der Waals surface area contributed by atoms with Crippen LogP contribution in [0, 0.1) is 6.92 Å². The van der Waals surface area contributed by atoms with Crippen molar-refractivity contribution >= 4 is 43.1 Å². The van der Waals surface area contributed by atoms with Crippen LogP contribution in [0.2, 0.25) is 0 Å². The highest BCUT2D eigenvalue weighted by Gasteiger charge is 2.26. The van der Waals surface area contributed by atoms with Crippen LogP contribution in [0.25, 0.3) is 0 Å². The Labute approximate surface area is 183 Å². The van der Waals surface area contributed by atoms with Gasteiger partial charge in [0.1, 0.15) is 0 Å². The van der Waals surface area contributed by atoms with Crippen molar-refractivity contribution in [1.82, 2.24) is 0 Å². The third-order valence-corrected chi connectivity index (χ3v) is 6.47. The SMILES string of the molecule is Cc1ccc(NC2=C/C(=N/S(=O)(=O)c3ccc(Br)cc3)c3ccccc3C2=O)cc1. The lowest BCUT2D eigenvalue weighted by Crippen LogP contribution is -2.22. The molecule has 5 nitrogen and oxygen atoms in total. The van der Waals surface area contributed by atoms with E-state index >= 15 is 0 Å². The molecule has 0 aromatic heterocycles. The second-order valence-corrected chi connectivity index (χ2v) is 9.35. The van der Waals surface area contributed by atoms with E-state index in [0.717, 1.165) is 15.7 Å². The molecule has 0 saturated heterocycles. The number of fused-ring (bicyclic) bond motifs is 1. The first kappa shape index (κ1) is 20.3. The Balaban J connectivity index is 1.80. The monoisotopic (exact) mass is 480 g/mol. The summed E-state index contributed by atoms with van der Waals surface area (Å²) in [6.45, 7) is 1.97. The fourth-order valence-corrected chi connectivity index (χ4v) is 4.34. The summed E-state index contributed by atoms with van der Waals surface area (Å²) in [5, 5.41) is 3.09. The molecule has 0 spiro atoms. The molecule has 0 aliphatic heterocycles. The fraction of sp³-hybridized carbons (Fsp3) is 0.0435. The predicted molar refractivity (Wildman–Crippen MR) is 122 cm³/mol. The van der Waals surface area contributed by atoms with Gasteiger partial charge in [0, 0.05) is 21.3 Å². The number of allylic oxidation sites excluding steroid dienone is 2. The van der Waals surface area contributed by atoms with E-state index in [1.54, 1.807) is 36.4 Å². The average Bonchev–Trinajstić information content (AvgIpc) is 2.73. The van der Waals surface area contributed by atoms with E-state index in [2.05, 4.69) is 25.6 Å². The molecule has 0 fully saturated rings. The summed E-state index contributed by atoms with van der Waals surface area (Å²) in [5.41, 5.74) is 3.19. The number of sulfonamides is 1. The lowest BCUT2D eigenvalue weighted by molar-refractivity contribution is 0.103. The fourth-order valence-electron chi connectivity index (χ4n) is 3.08. The molecule has 30 heavy (non-hydrogen) atoms. The van der Waals surface area contributed by atoms with Crippen molar-refractivity contribution in [2.24, 2.45) is 4.40 Å². The maximum Gasteiger partial charge on any atom is 0.282 e. The number of carbonyl (C=O) groups excluding carboxylic acids is 1. The number of halogens is 1. The van der Waals surface area contributed by atoms with E-state index in [-0.39, 0.29) is 22.1 Å². The number of nitrogens with zero attached hydrogens (tertiary/aromatic N) is 1. The quantitative estimate of drug-likeness (QED) is 0.561. The van der Waals surface area contributed by atoms with E-state index in [1.807, 2.05) is 31.2 Å².